The van der Waals surface area contributed by atoms with Crippen molar-refractivity contribution >= 4 is 0 Å². The van der Waals surface area contributed by atoms with E-state index in [4.69, 9.17) is 0 Å². The van der Waals surface area contributed by atoms with E-state index >= 15 is 0 Å². The molecule has 0 aliphatic heterocycles. The molecule has 26 heavy (non-hydrogen) atoms. The predicted molar refractivity (Wildman–Crippen MR) is 109 cm³/mol. The van der Waals surface area contributed by atoms with Crippen LogP contribution in [0, 0.1) is 0 Å². The number of phenols is 2. The second kappa shape index (κ2) is 9.09. The number of hydrogen-bond acceptors (Lipinski definition) is 3. The molecule has 0 aliphatic rings. The van der Waals surface area contributed by atoms with Crippen LogP contribution < -0.4 is 0 Å². The lowest BCUT2D eigenvalue weighted by Gasteiger charge is -2.19. The first kappa shape index (κ1) is 20.3. The third-order valence-corrected chi connectivity index (χ3v) is 5.07. The Labute approximate surface area is 158 Å². The first-order valence-corrected chi connectivity index (χ1v) is 9.61. The Morgan fingerprint density at radius 1 is 0.731 bits per heavy atom. The minimum absolute atomic E-state index is 0.323. The van der Waals surface area contributed by atoms with Crippen LogP contribution >= 0.6 is 0 Å². The quantitative estimate of drug-likeness (QED) is 0.695. The largest absolute Gasteiger partial charge is 0.507 e. The normalized spacial score (nSPS) is 11.7. The maximum Gasteiger partial charge on any atom is 0.122 e. The molecule has 0 heterocycles. The number of likely N-dealkylation sites (N-methyl/N-ethyl adjacent to an activating group) is 1. The van der Waals surface area contributed by atoms with Crippen molar-refractivity contribution < 1.29 is 10.2 Å². The lowest BCUT2D eigenvalue weighted by atomic mass is 9.97. The molecule has 2 N–H and O–H groups in total. The van der Waals surface area contributed by atoms with Gasteiger partial charge in [0.2, 0.25) is 0 Å². The Morgan fingerprint density at radius 3 is 1.46 bits per heavy atom. The van der Waals surface area contributed by atoms with E-state index in [0.717, 1.165) is 48.2 Å². The van der Waals surface area contributed by atoms with Gasteiger partial charge in [0.25, 0.3) is 0 Å². The van der Waals surface area contributed by atoms with Gasteiger partial charge in [0, 0.05) is 13.1 Å². The van der Waals surface area contributed by atoms with Crippen LogP contribution in [0.15, 0.2) is 36.4 Å². The molecule has 0 amide bonds. The lowest BCUT2D eigenvalue weighted by Crippen LogP contribution is -2.24. The molecule has 0 spiro atoms. The molecule has 0 bridgehead atoms. The maximum atomic E-state index is 10.4. The fraction of sp³-hybridized carbons (Fsp3) is 0.478. The van der Waals surface area contributed by atoms with Gasteiger partial charge in [-0.25, -0.2) is 0 Å². The molecule has 0 aliphatic carbocycles. The summed E-state index contributed by atoms with van der Waals surface area (Å²) in [7, 11) is 2.09. The number of aromatic hydroxyl groups is 2. The van der Waals surface area contributed by atoms with E-state index in [1.807, 2.05) is 36.4 Å². The monoisotopic (exact) mass is 355 g/mol. The molecule has 2 rings (SSSR count). The summed E-state index contributed by atoms with van der Waals surface area (Å²) >= 11 is 0. The Balaban J connectivity index is 1.93. The van der Waals surface area contributed by atoms with Crippen molar-refractivity contribution in [3.05, 3.63) is 58.7 Å². The Kier molecular flexibility index (Phi) is 7.10. The van der Waals surface area contributed by atoms with E-state index in [2.05, 4.69) is 39.6 Å². The molecule has 3 heteroatoms. The zero-order valence-corrected chi connectivity index (χ0v) is 16.8. The fourth-order valence-electron chi connectivity index (χ4n) is 3.29. The topological polar surface area (TPSA) is 43.7 Å². The summed E-state index contributed by atoms with van der Waals surface area (Å²) in [6.45, 7) is 10.1. The number of rotatable bonds is 8. The highest BCUT2D eigenvalue weighted by atomic mass is 16.3. The van der Waals surface area contributed by atoms with Gasteiger partial charge in [0.15, 0.2) is 0 Å². The first-order valence-electron chi connectivity index (χ1n) is 9.61. The van der Waals surface area contributed by atoms with Crippen LogP contribution in [0.1, 0.15) is 61.8 Å². The first-order chi connectivity index (χ1) is 12.3. The molecule has 0 atom stereocenters. The molecule has 2 aromatic rings. The molecule has 0 radical (unpaired) electrons. The fourth-order valence-corrected chi connectivity index (χ4v) is 3.29. The van der Waals surface area contributed by atoms with Gasteiger partial charge in [0.1, 0.15) is 11.5 Å². The van der Waals surface area contributed by atoms with Crippen molar-refractivity contribution in [3.8, 4) is 11.5 Å². The van der Waals surface area contributed by atoms with Crippen LogP contribution in [0.3, 0.4) is 0 Å². The van der Waals surface area contributed by atoms with Gasteiger partial charge in [-0.05, 0) is 54.0 Å². The second-order valence-electron chi connectivity index (χ2n) is 7.82. The minimum Gasteiger partial charge on any atom is -0.507 e. The van der Waals surface area contributed by atoms with E-state index in [1.54, 1.807) is 0 Å². The average Bonchev–Trinajstić information content (AvgIpc) is 2.59. The predicted octanol–water partition coefficient (Wildman–Crippen LogP) is 5.06. The lowest BCUT2D eigenvalue weighted by molar-refractivity contribution is 0.337. The molecule has 3 nitrogen and oxygen atoms in total. The number of hydrogen-bond donors (Lipinski definition) is 2. The summed E-state index contributed by atoms with van der Waals surface area (Å²) in [6.07, 6.45) is 1.64. The standard InChI is InChI=1S/C23H33NO2/c1-16(2)20-10-6-8-18(22(20)25)12-14-24(5)15-13-19-9-7-11-21(17(3)4)23(19)26/h6-11,16-17,25-26H,12-15H2,1-5H3. The van der Waals surface area contributed by atoms with Crippen molar-refractivity contribution in [1.82, 2.24) is 4.90 Å². The second-order valence-corrected chi connectivity index (χ2v) is 7.82. The van der Waals surface area contributed by atoms with Gasteiger partial charge in [0.05, 0.1) is 0 Å². The van der Waals surface area contributed by atoms with E-state index < -0.39 is 0 Å². The number of nitrogens with zero attached hydrogens (tertiary/aromatic N) is 1. The Morgan fingerprint density at radius 2 is 1.12 bits per heavy atom. The van der Waals surface area contributed by atoms with Crippen LogP contribution in [0.25, 0.3) is 0 Å². The molecule has 142 valence electrons. The van der Waals surface area contributed by atoms with Gasteiger partial charge in [-0.1, -0.05) is 64.1 Å². The van der Waals surface area contributed by atoms with E-state index in [-0.39, 0.29) is 0 Å². The van der Waals surface area contributed by atoms with Gasteiger partial charge in [-0.2, -0.15) is 0 Å². The zero-order valence-electron chi connectivity index (χ0n) is 16.8. The van der Waals surface area contributed by atoms with E-state index in [9.17, 15) is 10.2 Å². The average molecular weight is 356 g/mol. The zero-order chi connectivity index (χ0) is 19.3. The SMILES string of the molecule is CC(C)c1cccc(CCN(C)CCc2cccc(C(C)C)c2O)c1O. The molecule has 2 aromatic carbocycles. The van der Waals surface area contributed by atoms with Crippen LogP contribution in [-0.2, 0) is 12.8 Å². The Bertz CT molecular complexity index is 661. The van der Waals surface area contributed by atoms with Crippen LogP contribution in [0.5, 0.6) is 11.5 Å². The summed E-state index contributed by atoms with van der Waals surface area (Å²) < 4.78 is 0. The molecule has 0 unspecified atom stereocenters. The van der Waals surface area contributed by atoms with Crippen molar-refractivity contribution in [3.63, 3.8) is 0 Å². The molecule has 0 aromatic heterocycles. The van der Waals surface area contributed by atoms with Crippen molar-refractivity contribution in [1.29, 1.82) is 0 Å². The number of benzene rings is 2. The molecule has 0 saturated heterocycles. The van der Waals surface area contributed by atoms with E-state index in [1.165, 1.54) is 0 Å². The number of para-hydroxylation sites is 2. The molecule has 0 saturated carbocycles. The van der Waals surface area contributed by atoms with Gasteiger partial charge >= 0.3 is 0 Å². The molecular weight excluding hydrogens is 322 g/mol. The van der Waals surface area contributed by atoms with E-state index in [0.29, 0.717) is 23.3 Å². The summed E-state index contributed by atoms with van der Waals surface area (Å²) in [4.78, 5) is 2.25. The summed E-state index contributed by atoms with van der Waals surface area (Å²) in [6, 6.07) is 12.1. The maximum absolute atomic E-state index is 10.4. The van der Waals surface area contributed by atoms with Gasteiger partial charge in [-0.3, -0.25) is 0 Å². The van der Waals surface area contributed by atoms with Crippen molar-refractivity contribution in [2.24, 2.45) is 0 Å². The smallest absolute Gasteiger partial charge is 0.122 e. The third-order valence-electron chi connectivity index (χ3n) is 5.07. The highest BCUT2D eigenvalue weighted by molar-refractivity contribution is 5.43. The van der Waals surface area contributed by atoms with Crippen molar-refractivity contribution in [2.45, 2.75) is 52.4 Å². The minimum atomic E-state index is 0.323. The molecular formula is C23H33NO2. The van der Waals surface area contributed by atoms with Crippen LogP contribution in [0.4, 0.5) is 0 Å². The highest BCUT2D eigenvalue weighted by Crippen LogP contribution is 2.30. The highest BCUT2D eigenvalue weighted by Gasteiger charge is 2.12. The third kappa shape index (κ3) is 5.01. The number of phenolic OH excluding ortho intramolecular Hbond substituents is 2. The Hall–Kier alpha value is -2.00. The van der Waals surface area contributed by atoms with Gasteiger partial charge < -0.3 is 15.1 Å². The summed E-state index contributed by atoms with van der Waals surface area (Å²) in [5.41, 5.74) is 4.04. The summed E-state index contributed by atoms with van der Waals surface area (Å²) in [5, 5.41) is 20.9. The van der Waals surface area contributed by atoms with Gasteiger partial charge in [-0.15, -0.1) is 0 Å². The van der Waals surface area contributed by atoms with Crippen LogP contribution in [-0.4, -0.2) is 35.3 Å². The summed E-state index contributed by atoms with van der Waals surface area (Å²) in [5.74, 6) is 1.53. The van der Waals surface area contributed by atoms with Crippen molar-refractivity contribution in [2.75, 3.05) is 20.1 Å². The van der Waals surface area contributed by atoms with Crippen LogP contribution in [0.2, 0.25) is 0 Å². The molecule has 0 fully saturated rings.